The predicted molar refractivity (Wildman–Crippen MR) is 64.6 cm³/mol. The Morgan fingerprint density at radius 1 is 1.12 bits per heavy atom. The van der Waals surface area contributed by atoms with Gasteiger partial charge in [0.05, 0.1) is 13.2 Å². The Balaban J connectivity index is 0. The monoisotopic (exact) mass is 248 g/mol. The van der Waals surface area contributed by atoms with Crippen molar-refractivity contribution in [2.24, 2.45) is 0 Å². The molecule has 0 spiro atoms. The van der Waals surface area contributed by atoms with Crippen molar-refractivity contribution >= 4 is 11.9 Å². The number of rotatable bonds is 6. The van der Waals surface area contributed by atoms with Crippen LogP contribution in [0.2, 0.25) is 0 Å². The lowest BCUT2D eigenvalue weighted by Gasteiger charge is -2.11. The summed E-state index contributed by atoms with van der Waals surface area (Å²) in [5, 5.41) is 0. The molecule has 0 N–H and O–H groups in total. The molecule has 0 saturated heterocycles. The van der Waals surface area contributed by atoms with Gasteiger partial charge in [0, 0.05) is 20.5 Å². The maximum atomic E-state index is 10.4. The van der Waals surface area contributed by atoms with E-state index in [2.05, 4.69) is 4.74 Å². The SMILES string of the molecule is CCCOCC(C)OC(C)=O.CCOC(C)=O. The third-order valence-electron chi connectivity index (χ3n) is 1.42. The third kappa shape index (κ3) is 20.9. The van der Waals surface area contributed by atoms with Crippen molar-refractivity contribution in [1.29, 1.82) is 0 Å². The summed E-state index contributed by atoms with van der Waals surface area (Å²) in [4.78, 5) is 20.2. The number of carbonyl (C=O) groups excluding carboxylic acids is 2. The standard InChI is InChI=1S/C8H16O3.C4H8O2/c1-4-5-10-6-7(2)11-8(3)9;1-3-6-4(2)5/h7H,4-6H2,1-3H3;3H2,1-2H3. The van der Waals surface area contributed by atoms with Crippen LogP contribution in [0, 0.1) is 0 Å². The van der Waals surface area contributed by atoms with Crippen molar-refractivity contribution in [2.75, 3.05) is 19.8 Å². The molecule has 17 heavy (non-hydrogen) atoms. The average molecular weight is 248 g/mol. The molecule has 0 aromatic carbocycles. The van der Waals surface area contributed by atoms with Gasteiger partial charge in [-0.05, 0) is 20.3 Å². The van der Waals surface area contributed by atoms with Gasteiger partial charge >= 0.3 is 11.9 Å². The molecule has 0 rings (SSSR count). The molecule has 0 radical (unpaired) electrons. The second-order valence-electron chi connectivity index (χ2n) is 3.42. The van der Waals surface area contributed by atoms with Crippen molar-refractivity contribution in [3.05, 3.63) is 0 Å². The fourth-order valence-corrected chi connectivity index (χ4v) is 0.914. The van der Waals surface area contributed by atoms with E-state index in [0.29, 0.717) is 13.2 Å². The highest BCUT2D eigenvalue weighted by molar-refractivity contribution is 5.66. The second-order valence-corrected chi connectivity index (χ2v) is 3.42. The van der Waals surface area contributed by atoms with Crippen molar-refractivity contribution in [3.8, 4) is 0 Å². The van der Waals surface area contributed by atoms with E-state index in [-0.39, 0.29) is 18.0 Å². The maximum absolute atomic E-state index is 10.4. The van der Waals surface area contributed by atoms with Gasteiger partial charge in [-0.1, -0.05) is 6.92 Å². The summed E-state index contributed by atoms with van der Waals surface area (Å²) in [6.45, 7) is 10.1. The van der Waals surface area contributed by atoms with Crippen LogP contribution in [0.25, 0.3) is 0 Å². The second kappa shape index (κ2) is 13.0. The van der Waals surface area contributed by atoms with Gasteiger partial charge in [-0.2, -0.15) is 0 Å². The molecule has 1 unspecified atom stereocenters. The zero-order valence-electron chi connectivity index (χ0n) is 11.4. The molecule has 0 aromatic rings. The molecule has 0 heterocycles. The van der Waals surface area contributed by atoms with Gasteiger partial charge in [-0.15, -0.1) is 0 Å². The van der Waals surface area contributed by atoms with Crippen LogP contribution < -0.4 is 0 Å². The number of ether oxygens (including phenoxy) is 3. The molecule has 0 bridgehead atoms. The van der Waals surface area contributed by atoms with Crippen LogP contribution >= 0.6 is 0 Å². The van der Waals surface area contributed by atoms with E-state index < -0.39 is 0 Å². The lowest BCUT2D eigenvalue weighted by Crippen LogP contribution is -2.18. The van der Waals surface area contributed by atoms with E-state index in [1.165, 1.54) is 13.8 Å². The minimum atomic E-state index is -0.252. The Bertz CT molecular complexity index is 203. The Hall–Kier alpha value is -1.10. The van der Waals surface area contributed by atoms with Crippen LogP contribution in [0.1, 0.15) is 41.0 Å². The fraction of sp³-hybridized carbons (Fsp3) is 0.833. The lowest BCUT2D eigenvalue weighted by atomic mass is 10.4. The number of hydrogen-bond acceptors (Lipinski definition) is 5. The number of esters is 2. The quantitative estimate of drug-likeness (QED) is 0.531. The Morgan fingerprint density at radius 3 is 2.00 bits per heavy atom. The molecular weight excluding hydrogens is 224 g/mol. The topological polar surface area (TPSA) is 61.8 Å². The zero-order chi connectivity index (χ0) is 13.7. The first-order valence-electron chi connectivity index (χ1n) is 5.82. The molecule has 0 aromatic heterocycles. The molecule has 0 fully saturated rings. The van der Waals surface area contributed by atoms with Crippen molar-refractivity contribution in [3.63, 3.8) is 0 Å². The zero-order valence-corrected chi connectivity index (χ0v) is 11.4. The van der Waals surface area contributed by atoms with Crippen LogP contribution in [-0.4, -0.2) is 37.9 Å². The number of carbonyl (C=O) groups is 2. The summed E-state index contributed by atoms with van der Waals surface area (Å²) in [5.41, 5.74) is 0. The highest BCUT2D eigenvalue weighted by atomic mass is 16.6. The molecule has 1 atom stereocenters. The van der Waals surface area contributed by atoms with Gasteiger partial charge in [0.15, 0.2) is 0 Å². The highest BCUT2D eigenvalue weighted by Gasteiger charge is 2.03. The van der Waals surface area contributed by atoms with E-state index in [9.17, 15) is 9.59 Å². The van der Waals surface area contributed by atoms with Gasteiger partial charge < -0.3 is 14.2 Å². The summed E-state index contributed by atoms with van der Waals surface area (Å²) in [5.74, 6) is -0.463. The smallest absolute Gasteiger partial charge is 0.302 e. The van der Waals surface area contributed by atoms with Gasteiger partial charge in [0.2, 0.25) is 0 Å². The largest absolute Gasteiger partial charge is 0.466 e. The summed E-state index contributed by atoms with van der Waals surface area (Å²) in [6, 6.07) is 0. The van der Waals surface area contributed by atoms with E-state index in [1.807, 2.05) is 13.8 Å². The van der Waals surface area contributed by atoms with Crippen LogP contribution in [0.4, 0.5) is 0 Å². The maximum Gasteiger partial charge on any atom is 0.302 e. The fourth-order valence-electron chi connectivity index (χ4n) is 0.914. The molecule has 0 amide bonds. The third-order valence-corrected chi connectivity index (χ3v) is 1.42. The lowest BCUT2D eigenvalue weighted by molar-refractivity contribution is -0.148. The first-order chi connectivity index (χ1) is 7.93. The van der Waals surface area contributed by atoms with Gasteiger partial charge in [0.25, 0.3) is 0 Å². The molecule has 0 saturated carbocycles. The van der Waals surface area contributed by atoms with Crippen LogP contribution in [-0.2, 0) is 23.8 Å². The molecule has 0 aliphatic carbocycles. The summed E-state index contributed by atoms with van der Waals surface area (Å²) in [7, 11) is 0. The summed E-state index contributed by atoms with van der Waals surface area (Å²) < 4.78 is 14.4. The Labute approximate surface area is 103 Å². The van der Waals surface area contributed by atoms with Crippen LogP contribution in [0.3, 0.4) is 0 Å². The minimum Gasteiger partial charge on any atom is -0.466 e. The van der Waals surface area contributed by atoms with Gasteiger partial charge in [0.1, 0.15) is 6.10 Å². The van der Waals surface area contributed by atoms with E-state index in [1.54, 1.807) is 6.92 Å². The average Bonchev–Trinajstić information content (AvgIpc) is 2.17. The van der Waals surface area contributed by atoms with E-state index in [0.717, 1.165) is 13.0 Å². The Kier molecular flexibility index (Phi) is 13.9. The van der Waals surface area contributed by atoms with Crippen molar-refractivity contribution in [2.45, 2.75) is 47.1 Å². The van der Waals surface area contributed by atoms with Crippen LogP contribution in [0.15, 0.2) is 0 Å². The molecule has 5 heteroatoms. The molecule has 0 aliphatic heterocycles. The highest BCUT2D eigenvalue weighted by Crippen LogP contribution is 1.92. The van der Waals surface area contributed by atoms with Crippen molar-refractivity contribution < 1.29 is 23.8 Å². The van der Waals surface area contributed by atoms with Gasteiger partial charge in [-0.25, -0.2) is 0 Å². The summed E-state index contributed by atoms with van der Waals surface area (Å²) >= 11 is 0. The van der Waals surface area contributed by atoms with Crippen molar-refractivity contribution in [1.82, 2.24) is 0 Å². The molecule has 5 nitrogen and oxygen atoms in total. The summed E-state index contributed by atoms with van der Waals surface area (Å²) in [6.07, 6.45) is 0.867. The molecule has 0 aliphatic rings. The van der Waals surface area contributed by atoms with Gasteiger partial charge in [-0.3, -0.25) is 9.59 Å². The van der Waals surface area contributed by atoms with E-state index >= 15 is 0 Å². The number of hydrogen-bond donors (Lipinski definition) is 0. The normalized spacial score (nSPS) is 10.9. The molecular formula is C12H24O5. The first-order valence-corrected chi connectivity index (χ1v) is 5.82. The first kappa shape index (κ1) is 18.3. The Morgan fingerprint density at radius 2 is 1.71 bits per heavy atom. The molecule has 102 valence electrons. The van der Waals surface area contributed by atoms with Crippen LogP contribution in [0.5, 0.6) is 0 Å². The predicted octanol–water partition coefficient (Wildman–Crippen LogP) is 1.93. The minimum absolute atomic E-state index is 0.126. The van der Waals surface area contributed by atoms with E-state index in [4.69, 9.17) is 9.47 Å².